The smallest absolute Gasteiger partial charge is 0.338 e. The van der Waals surface area contributed by atoms with Crippen molar-refractivity contribution < 1.29 is 22.7 Å². The Bertz CT molecular complexity index is 1370. The van der Waals surface area contributed by atoms with Crippen LogP contribution in [0.5, 0.6) is 0 Å². The van der Waals surface area contributed by atoms with Gasteiger partial charge in [0.05, 0.1) is 29.2 Å². The predicted octanol–water partition coefficient (Wildman–Crippen LogP) is 2.89. The molecular weight excluding hydrogens is 449 g/mol. The molecule has 33 heavy (non-hydrogen) atoms. The zero-order valence-electron chi connectivity index (χ0n) is 17.9. The van der Waals surface area contributed by atoms with Crippen LogP contribution in [0, 0.1) is 12.7 Å². The molecule has 0 aliphatic rings. The van der Waals surface area contributed by atoms with Gasteiger partial charge < -0.3 is 5.11 Å². The highest BCUT2D eigenvalue weighted by molar-refractivity contribution is 7.86. The van der Waals surface area contributed by atoms with E-state index in [2.05, 4.69) is 10.1 Å². The number of hydrogen-bond donors (Lipinski definition) is 2. The van der Waals surface area contributed by atoms with E-state index in [1.807, 2.05) is 31.2 Å². The fourth-order valence-corrected chi connectivity index (χ4v) is 3.27. The maximum Gasteiger partial charge on any atom is 0.338 e. The number of fused-ring (bicyclic) bond motifs is 1. The van der Waals surface area contributed by atoms with Gasteiger partial charge in [0.25, 0.3) is 10.2 Å². The van der Waals surface area contributed by atoms with E-state index in [1.54, 1.807) is 12.1 Å². The fraction of sp³-hybridized carbons (Fsp3) is 0.136. The third kappa shape index (κ3) is 5.98. The molecule has 0 aliphatic carbocycles. The standard InChI is InChI=1S/C13H8FN3O2.C9H14N2O2S/c14-8-1-3-9(4-2-8)17-12-7-15-5-11(13(18)19)10(12)6-16-17;1-8-3-5-9(6-4-8)7-11(2)14(10,12)13/h1-7H,(H,18,19);3-6H,7H2,1-2H3,(H2,10,12,13). The van der Waals surface area contributed by atoms with Crippen LogP contribution in [0.2, 0.25) is 0 Å². The normalized spacial score (nSPS) is 11.3. The van der Waals surface area contributed by atoms with Crippen molar-refractivity contribution in [2.45, 2.75) is 13.5 Å². The first kappa shape index (κ1) is 24.0. The van der Waals surface area contributed by atoms with Crippen molar-refractivity contribution in [2.24, 2.45) is 5.14 Å². The maximum atomic E-state index is 12.9. The molecule has 0 spiro atoms. The fourth-order valence-electron chi connectivity index (χ4n) is 2.94. The number of aromatic nitrogens is 3. The van der Waals surface area contributed by atoms with Crippen molar-refractivity contribution in [3.05, 3.63) is 89.6 Å². The highest BCUT2D eigenvalue weighted by atomic mass is 32.2. The van der Waals surface area contributed by atoms with Crippen molar-refractivity contribution >= 4 is 27.1 Å². The van der Waals surface area contributed by atoms with E-state index in [9.17, 15) is 17.6 Å². The van der Waals surface area contributed by atoms with Crippen LogP contribution in [0.3, 0.4) is 0 Å². The van der Waals surface area contributed by atoms with Gasteiger partial charge in [0.15, 0.2) is 0 Å². The van der Waals surface area contributed by atoms with Crippen LogP contribution in [0.25, 0.3) is 16.6 Å². The summed E-state index contributed by atoms with van der Waals surface area (Å²) >= 11 is 0. The largest absolute Gasteiger partial charge is 0.478 e. The molecule has 0 unspecified atom stereocenters. The molecule has 0 radical (unpaired) electrons. The summed E-state index contributed by atoms with van der Waals surface area (Å²) in [5, 5.41) is 18.6. The minimum atomic E-state index is -3.58. The molecule has 0 aliphatic heterocycles. The molecule has 3 N–H and O–H groups in total. The second-order valence-electron chi connectivity index (χ2n) is 7.24. The number of nitrogens with zero attached hydrogens (tertiary/aromatic N) is 4. The topological polar surface area (TPSA) is 131 Å². The second-order valence-corrected chi connectivity index (χ2v) is 8.90. The molecule has 0 atom stereocenters. The molecule has 0 bridgehead atoms. The van der Waals surface area contributed by atoms with Crippen LogP contribution < -0.4 is 5.14 Å². The number of halogens is 1. The molecular formula is C22H22FN5O4S. The molecule has 0 amide bonds. The molecule has 0 saturated heterocycles. The third-order valence-corrected chi connectivity index (χ3v) is 5.76. The number of benzene rings is 2. The van der Waals surface area contributed by atoms with Crippen molar-refractivity contribution in [1.29, 1.82) is 0 Å². The van der Waals surface area contributed by atoms with Crippen LogP contribution in [-0.4, -0.2) is 45.6 Å². The minimum Gasteiger partial charge on any atom is -0.478 e. The highest BCUT2D eigenvalue weighted by Gasteiger charge is 2.13. The lowest BCUT2D eigenvalue weighted by Crippen LogP contribution is -2.32. The Morgan fingerprint density at radius 3 is 2.30 bits per heavy atom. The number of pyridine rings is 1. The molecule has 2 aromatic carbocycles. The Hall–Kier alpha value is -3.67. The number of nitrogens with two attached hydrogens (primary N) is 1. The molecule has 4 rings (SSSR count). The van der Waals surface area contributed by atoms with Crippen LogP contribution in [0.4, 0.5) is 4.39 Å². The number of aromatic carboxylic acids is 1. The average molecular weight is 472 g/mol. The average Bonchev–Trinajstić information content (AvgIpc) is 3.20. The van der Waals surface area contributed by atoms with Gasteiger partial charge in [0, 0.05) is 25.2 Å². The summed E-state index contributed by atoms with van der Waals surface area (Å²) in [6, 6.07) is 13.4. The molecule has 2 heterocycles. The first-order valence-corrected chi connectivity index (χ1v) is 11.2. The van der Waals surface area contributed by atoms with Gasteiger partial charge in [-0.25, -0.2) is 19.0 Å². The number of hydrogen-bond acceptors (Lipinski definition) is 5. The molecule has 4 aromatic rings. The summed E-state index contributed by atoms with van der Waals surface area (Å²) in [6.07, 6.45) is 4.27. The SMILES string of the molecule is Cc1ccc(CN(C)S(N)(=O)=O)cc1.O=C(O)c1cncc2c1cnn2-c1ccc(F)cc1. The molecule has 11 heteroatoms. The summed E-state index contributed by atoms with van der Waals surface area (Å²) in [6.45, 7) is 2.28. The lowest BCUT2D eigenvalue weighted by atomic mass is 10.1. The number of carbonyl (C=O) groups is 1. The predicted molar refractivity (Wildman–Crippen MR) is 122 cm³/mol. The zero-order valence-corrected chi connectivity index (χ0v) is 18.7. The highest BCUT2D eigenvalue weighted by Crippen LogP contribution is 2.20. The van der Waals surface area contributed by atoms with Gasteiger partial charge >= 0.3 is 5.97 Å². The van der Waals surface area contributed by atoms with E-state index in [4.69, 9.17) is 10.2 Å². The number of carboxylic acid groups (broad SMARTS) is 1. The maximum absolute atomic E-state index is 12.9. The van der Waals surface area contributed by atoms with Gasteiger partial charge in [0.1, 0.15) is 5.82 Å². The molecule has 9 nitrogen and oxygen atoms in total. The van der Waals surface area contributed by atoms with Crippen molar-refractivity contribution in [3.63, 3.8) is 0 Å². The quantitative estimate of drug-likeness (QED) is 0.460. The lowest BCUT2D eigenvalue weighted by molar-refractivity contribution is 0.0698. The van der Waals surface area contributed by atoms with Crippen LogP contribution >= 0.6 is 0 Å². The van der Waals surface area contributed by atoms with Gasteiger partial charge in [-0.3, -0.25) is 4.98 Å². The Labute approximate surface area is 190 Å². The van der Waals surface area contributed by atoms with Crippen LogP contribution in [0.1, 0.15) is 21.5 Å². The minimum absolute atomic E-state index is 0.0888. The van der Waals surface area contributed by atoms with E-state index in [-0.39, 0.29) is 11.4 Å². The number of carboxylic acids is 1. The molecule has 0 fully saturated rings. The second kappa shape index (κ2) is 9.86. The van der Waals surface area contributed by atoms with Crippen molar-refractivity contribution in [3.8, 4) is 5.69 Å². The van der Waals surface area contributed by atoms with E-state index in [1.165, 1.54) is 42.5 Å². The first-order chi connectivity index (χ1) is 15.6. The summed E-state index contributed by atoms with van der Waals surface area (Å²) < 4.78 is 37.3. The Morgan fingerprint density at radius 2 is 1.73 bits per heavy atom. The zero-order chi connectivity index (χ0) is 24.2. The molecule has 0 saturated carbocycles. The van der Waals surface area contributed by atoms with Crippen LogP contribution in [0.15, 0.2) is 67.1 Å². The molecule has 172 valence electrons. The van der Waals surface area contributed by atoms with Crippen molar-refractivity contribution in [2.75, 3.05) is 7.05 Å². The monoisotopic (exact) mass is 471 g/mol. The van der Waals surface area contributed by atoms with Gasteiger partial charge in [-0.1, -0.05) is 29.8 Å². The van der Waals surface area contributed by atoms with E-state index in [0.29, 0.717) is 23.1 Å². The molecule has 2 aromatic heterocycles. The van der Waals surface area contributed by atoms with Gasteiger partial charge in [0.2, 0.25) is 0 Å². The first-order valence-electron chi connectivity index (χ1n) is 9.67. The number of rotatable bonds is 5. The van der Waals surface area contributed by atoms with E-state index >= 15 is 0 Å². The Morgan fingerprint density at radius 1 is 1.09 bits per heavy atom. The summed E-state index contributed by atoms with van der Waals surface area (Å²) in [5.74, 6) is -1.40. The number of aryl methyl sites for hydroxylation is 1. The van der Waals surface area contributed by atoms with Gasteiger partial charge in [-0.15, -0.1) is 0 Å². The lowest BCUT2D eigenvalue weighted by Gasteiger charge is -2.13. The Kier molecular flexibility index (Phi) is 7.16. The Balaban J connectivity index is 0.000000196. The van der Waals surface area contributed by atoms with E-state index in [0.717, 1.165) is 15.4 Å². The van der Waals surface area contributed by atoms with Gasteiger partial charge in [-0.05, 0) is 36.8 Å². The van der Waals surface area contributed by atoms with Crippen LogP contribution in [-0.2, 0) is 16.8 Å². The van der Waals surface area contributed by atoms with E-state index < -0.39 is 16.2 Å². The summed E-state index contributed by atoms with van der Waals surface area (Å²) in [5.41, 5.74) is 3.36. The van der Waals surface area contributed by atoms with Crippen molar-refractivity contribution in [1.82, 2.24) is 19.1 Å². The van der Waals surface area contributed by atoms with Gasteiger partial charge in [-0.2, -0.15) is 17.8 Å². The summed E-state index contributed by atoms with van der Waals surface area (Å²) in [7, 11) is -2.12. The third-order valence-electron chi connectivity index (χ3n) is 4.76. The summed E-state index contributed by atoms with van der Waals surface area (Å²) in [4.78, 5) is 15.0.